The smallest absolute Gasteiger partial charge is 0.120 e. The van der Waals surface area contributed by atoms with Crippen molar-refractivity contribution in [2.75, 3.05) is 0 Å². The number of benzene rings is 1. The van der Waals surface area contributed by atoms with Gasteiger partial charge in [0.25, 0.3) is 0 Å². The summed E-state index contributed by atoms with van der Waals surface area (Å²) in [5.41, 5.74) is 4.32. The molecule has 0 heterocycles. The summed E-state index contributed by atoms with van der Waals surface area (Å²) in [6, 6.07) is 6.70. The number of hydrogen-bond acceptors (Lipinski definition) is 1. The van der Waals surface area contributed by atoms with Gasteiger partial charge in [0.15, 0.2) is 0 Å². The van der Waals surface area contributed by atoms with Gasteiger partial charge in [0.1, 0.15) is 6.29 Å². The predicted molar refractivity (Wildman–Crippen MR) is 57.6 cm³/mol. The van der Waals surface area contributed by atoms with Crippen LogP contribution in [-0.2, 0) is 17.6 Å². The molecule has 0 fully saturated rings. The second kappa shape index (κ2) is 3.95. The fraction of sp³-hybridized carbons (Fsp3) is 0.462. The largest absolute Gasteiger partial charge is 0.303 e. The van der Waals surface area contributed by atoms with Crippen LogP contribution >= 0.6 is 0 Å². The van der Waals surface area contributed by atoms with Crippen molar-refractivity contribution in [3.05, 3.63) is 34.9 Å². The van der Waals surface area contributed by atoms with Crippen molar-refractivity contribution >= 4 is 6.29 Å². The highest BCUT2D eigenvalue weighted by Gasteiger charge is 2.12. The summed E-state index contributed by atoms with van der Waals surface area (Å²) in [4.78, 5) is 10.4. The van der Waals surface area contributed by atoms with Crippen molar-refractivity contribution in [3.8, 4) is 0 Å². The SMILES string of the molecule is CC(CC=O)c1ccc2c(c1)CCC2. The molecule has 0 amide bonds. The van der Waals surface area contributed by atoms with E-state index >= 15 is 0 Å². The summed E-state index contributed by atoms with van der Waals surface area (Å²) in [7, 11) is 0. The Labute approximate surface area is 85.1 Å². The average molecular weight is 188 g/mol. The first-order chi connectivity index (χ1) is 6.81. The first-order valence-electron chi connectivity index (χ1n) is 5.36. The molecule has 74 valence electrons. The van der Waals surface area contributed by atoms with Crippen LogP contribution in [0.4, 0.5) is 0 Å². The minimum atomic E-state index is 0.374. The van der Waals surface area contributed by atoms with Crippen LogP contribution in [0.25, 0.3) is 0 Å². The number of aldehydes is 1. The number of rotatable bonds is 3. The Hall–Kier alpha value is -1.11. The van der Waals surface area contributed by atoms with Crippen molar-refractivity contribution < 1.29 is 4.79 Å². The first-order valence-corrected chi connectivity index (χ1v) is 5.36. The molecule has 1 aliphatic carbocycles. The molecule has 0 radical (unpaired) electrons. The molecule has 0 spiro atoms. The fourth-order valence-electron chi connectivity index (χ4n) is 2.18. The summed E-state index contributed by atoms with van der Waals surface area (Å²) in [5.74, 6) is 0.374. The van der Waals surface area contributed by atoms with E-state index in [1.165, 1.54) is 36.0 Å². The fourth-order valence-corrected chi connectivity index (χ4v) is 2.18. The lowest BCUT2D eigenvalue weighted by atomic mass is 9.95. The Balaban J connectivity index is 2.23. The quantitative estimate of drug-likeness (QED) is 0.667. The van der Waals surface area contributed by atoms with Gasteiger partial charge < -0.3 is 4.79 Å². The second-order valence-corrected chi connectivity index (χ2v) is 4.19. The summed E-state index contributed by atoms with van der Waals surface area (Å²) in [5, 5.41) is 0. The number of carbonyl (C=O) groups excluding carboxylic acids is 1. The van der Waals surface area contributed by atoms with Gasteiger partial charge in [0.2, 0.25) is 0 Å². The summed E-state index contributed by atoms with van der Waals surface area (Å²) >= 11 is 0. The number of aryl methyl sites for hydroxylation is 2. The average Bonchev–Trinajstić information content (AvgIpc) is 2.64. The van der Waals surface area contributed by atoms with E-state index in [1.54, 1.807) is 0 Å². The lowest BCUT2D eigenvalue weighted by molar-refractivity contribution is -0.108. The molecule has 1 atom stereocenters. The van der Waals surface area contributed by atoms with Gasteiger partial charge in [-0.05, 0) is 41.9 Å². The Morgan fingerprint density at radius 2 is 2.14 bits per heavy atom. The maximum atomic E-state index is 10.4. The molecule has 14 heavy (non-hydrogen) atoms. The topological polar surface area (TPSA) is 17.1 Å². The molecule has 2 rings (SSSR count). The summed E-state index contributed by atoms with van der Waals surface area (Å²) < 4.78 is 0. The first kappa shape index (κ1) is 9.45. The van der Waals surface area contributed by atoms with Crippen LogP contribution in [0.15, 0.2) is 18.2 Å². The van der Waals surface area contributed by atoms with E-state index in [2.05, 4.69) is 25.1 Å². The molecule has 0 aliphatic heterocycles. The Kier molecular flexibility index (Phi) is 2.67. The van der Waals surface area contributed by atoms with E-state index in [9.17, 15) is 4.79 Å². The molecule has 1 nitrogen and oxygen atoms in total. The highest BCUT2D eigenvalue weighted by molar-refractivity contribution is 5.52. The summed E-state index contributed by atoms with van der Waals surface area (Å²) in [6.07, 6.45) is 5.40. The molecule has 0 bridgehead atoms. The monoisotopic (exact) mass is 188 g/mol. The lowest BCUT2D eigenvalue weighted by Gasteiger charge is -2.10. The minimum absolute atomic E-state index is 0.374. The minimum Gasteiger partial charge on any atom is -0.303 e. The van der Waals surface area contributed by atoms with E-state index in [-0.39, 0.29) is 0 Å². The van der Waals surface area contributed by atoms with Gasteiger partial charge in [-0.25, -0.2) is 0 Å². The van der Waals surface area contributed by atoms with E-state index in [4.69, 9.17) is 0 Å². The standard InChI is InChI=1S/C13H16O/c1-10(7-8-14)12-6-5-11-3-2-4-13(11)9-12/h5-6,8-10H,2-4,7H2,1H3. The molecular weight excluding hydrogens is 172 g/mol. The molecule has 1 heteroatoms. The molecule has 1 unspecified atom stereocenters. The highest BCUT2D eigenvalue weighted by atomic mass is 16.1. The van der Waals surface area contributed by atoms with Gasteiger partial charge in [-0.3, -0.25) is 0 Å². The van der Waals surface area contributed by atoms with Crippen LogP contribution in [-0.4, -0.2) is 6.29 Å². The van der Waals surface area contributed by atoms with Gasteiger partial charge in [0.05, 0.1) is 0 Å². The van der Waals surface area contributed by atoms with E-state index in [1.807, 2.05) is 0 Å². The Morgan fingerprint density at radius 1 is 1.36 bits per heavy atom. The molecule has 0 saturated heterocycles. The van der Waals surface area contributed by atoms with Crippen molar-refractivity contribution in [1.29, 1.82) is 0 Å². The van der Waals surface area contributed by atoms with E-state index in [0.717, 1.165) is 6.29 Å². The highest BCUT2D eigenvalue weighted by Crippen LogP contribution is 2.26. The van der Waals surface area contributed by atoms with Crippen molar-refractivity contribution in [3.63, 3.8) is 0 Å². The zero-order valence-corrected chi connectivity index (χ0v) is 8.62. The summed E-state index contributed by atoms with van der Waals surface area (Å²) in [6.45, 7) is 2.12. The molecule has 1 aromatic carbocycles. The third-order valence-corrected chi connectivity index (χ3v) is 3.14. The van der Waals surface area contributed by atoms with Crippen LogP contribution in [0.5, 0.6) is 0 Å². The van der Waals surface area contributed by atoms with Crippen LogP contribution in [0.1, 0.15) is 42.4 Å². The van der Waals surface area contributed by atoms with E-state index < -0.39 is 0 Å². The maximum absolute atomic E-state index is 10.4. The zero-order valence-electron chi connectivity index (χ0n) is 8.62. The maximum Gasteiger partial charge on any atom is 0.120 e. The van der Waals surface area contributed by atoms with Gasteiger partial charge in [0, 0.05) is 6.42 Å². The number of fused-ring (bicyclic) bond motifs is 1. The lowest BCUT2D eigenvalue weighted by Crippen LogP contribution is -1.95. The second-order valence-electron chi connectivity index (χ2n) is 4.19. The molecule has 1 aromatic rings. The van der Waals surface area contributed by atoms with Gasteiger partial charge >= 0.3 is 0 Å². The third-order valence-electron chi connectivity index (χ3n) is 3.14. The molecule has 1 aliphatic rings. The number of carbonyl (C=O) groups is 1. The third kappa shape index (κ3) is 1.72. The predicted octanol–water partition coefficient (Wildman–Crippen LogP) is 2.87. The molecule has 0 aromatic heterocycles. The van der Waals surface area contributed by atoms with Crippen LogP contribution in [0, 0.1) is 0 Å². The molecule has 0 saturated carbocycles. The van der Waals surface area contributed by atoms with E-state index in [0.29, 0.717) is 12.3 Å². The zero-order chi connectivity index (χ0) is 9.97. The molecular formula is C13H16O. The van der Waals surface area contributed by atoms with Crippen LogP contribution in [0.3, 0.4) is 0 Å². The van der Waals surface area contributed by atoms with Gasteiger partial charge in [-0.15, -0.1) is 0 Å². The van der Waals surface area contributed by atoms with Crippen molar-refractivity contribution in [2.45, 2.75) is 38.5 Å². The van der Waals surface area contributed by atoms with Crippen molar-refractivity contribution in [2.24, 2.45) is 0 Å². The van der Waals surface area contributed by atoms with Crippen LogP contribution in [0.2, 0.25) is 0 Å². The van der Waals surface area contributed by atoms with Crippen molar-refractivity contribution in [1.82, 2.24) is 0 Å². The number of hydrogen-bond donors (Lipinski definition) is 0. The molecule has 0 N–H and O–H groups in total. The normalized spacial score (nSPS) is 16.4. The van der Waals surface area contributed by atoms with Crippen LogP contribution < -0.4 is 0 Å². The van der Waals surface area contributed by atoms with Gasteiger partial charge in [-0.2, -0.15) is 0 Å². The van der Waals surface area contributed by atoms with Gasteiger partial charge in [-0.1, -0.05) is 25.1 Å². The Morgan fingerprint density at radius 3 is 2.93 bits per heavy atom. The Bertz CT molecular complexity index is 341.